The number of hydrogen-bond acceptors (Lipinski definition) is 3. The molecule has 0 aliphatic heterocycles. The molecule has 2 aromatic carbocycles. The monoisotopic (exact) mass is 284 g/mol. The molecule has 0 amide bonds. The number of aryl methyl sites for hydroxylation is 1. The summed E-state index contributed by atoms with van der Waals surface area (Å²) in [5.74, 6) is 0.749. The van der Waals surface area contributed by atoms with E-state index in [-0.39, 0.29) is 6.04 Å². The van der Waals surface area contributed by atoms with Gasteiger partial charge in [-0.1, -0.05) is 37.3 Å². The van der Waals surface area contributed by atoms with Crippen LogP contribution in [0, 0.1) is 6.92 Å². The zero-order valence-electron chi connectivity index (χ0n) is 13.0. The summed E-state index contributed by atoms with van der Waals surface area (Å²) in [6.07, 6.45) is 0.969. The smallest absolute Gasteiger partial charge is 0.144 e. The first kappa shape index (κ1) is 15.2. The van der Waals surface area contributed by atoms with Crippen LogP contribution in [0.4, 0.5) is 11.4 Å². The largest absolute Gasteiger partial charge is 0.491 e. The second kappa shape index (κ2) is 7.02. The Morgan fingerprint density at radius 3 is 2.62 bits per heavy atom. The van der Waals surface area contributed by atoms with Gasteiger partial charge in [0, 0.05) is 6.04 Å². The van der Waals surface area contributed by atoms with E-state index < -0.39 is 0 Å². The molecule has 0 heterocycles. The van der Waals surface area contributed by atoms with E-state index in [9.17, 15) is 0 Å². The zero-order chi connectivity index (χ0) is 15.2. The van der Waals surface area contributed by atoms with Crippen LogP contribution in [0.5, 0.6) is 5.75 Å². The lowest BCUT2D eigenvalue weighted by Gasteiger charge is -2.20. The third-order valence-corrected chi connectivity index (χ3v) is 3.55. The molecule has 2 rings (SSSR count). The molecule has 0 bridgehead atoms. The second-order valence-corrected chi connectivity index (χ2v) is 5.29. The molecule has 0 radical (unpaired) electrons. The molecule has 0 saturated carbocycles. The van der Waals surface area contributed by atoms with Crippen LogP contribution in [-0.4, -0.2) is 6.61 Å². The Bertz CT molecular complexity index is 596. The first-order valence-electron chi connectivity index (χ1n) is 7.46. The van der Waals surface area contributed by atoms with Gasteiger partial charge in [-0.2, -0.15) is 0 Å². The van der Waals surface area contributed by atoms with Gasteiger partial charge in [-0.25, -0.2) is 0 Å². The van der Waals surface area contributed by atoms with Crippen molar-refractivity contribution in [1.82, 2.24) is 0 Å². The zero-order valence-corrected chi connectivity index (χ0v) is 13.0. The van der Waals surface area contributed by atoms with Crippen molar-refractivity contribution in [3.63, 3.8) is 0 Å². The fourth-order valence-electron chi connectivity index (χ4n) is 2.39. The average Bonchev–Trinajstić information content (AvgIpc) is 2.48. The standard InChI is InChI=1S/C18H24N2O/c1-4-12-21-17-11-7-10-16(18(17)19)20-14(3)15-9-6-5-8-13(15)2/h5-11,14,20H,4,12,19H2,1-3H3. The summed E-state index contributed by atoms with van der Waals surface area (Å²) < 4.78 is 5.67. The summed E-state index contributed by atoms with van der Waals surface area (Å²) in [5, 5.41) is 3.48. The number of hydrogen-bond donors (Lipinski definition) is 2. The van der Waals surface area contributed by atoms with E-state index in [1.165, 1.54) is 11.1 Å². The second-order valence-electron chi connectivity index (χ2n) is 5.29. The van der Waals surface area contributed by atoms with Crippen LogP contribution in [-0.2, 0) is 0 Å². The molecule has 0 aliphatic rings. The lowest BCUT2D eigenvalue weighted by molar-refractivity contribution is 0.319. The highest BCUT2D eigenvalue weighted by molar-refractivity contribution is 5.73. The SMILES string of the molecule is CCCOc1cccc(NC(C)c2ccccc2C)c1N. The van der Waals surface area contributed by atoms with Crippen LogP contribution in [0.25, 0.3) is 0 Å². The van der Waals surface area contributed by atoms with Crippen LogP contribution in [0.2, 0.25) is 0 Å². The Hall–Kier alpha value is -2.16. The highest BCUT2D eigenvalue weighted by atomic mass is 16.5. The highest BCUT2D eigenvalue weighted by Crippen LogP contribution is 2.32. The molecule has 0 saturated heterocycles. The minimum atomic E-state index is 0.190. The van der Waals surface area contributed by atoms with E-state index in [1.807, 2.05) is 18.2 Å². The summed E-state index contributed by atoms with van der Waals surface area (Å²) in [4.78, 5) is 0. The van der Waals surface area contributed by atoms with Crippen LogP contribution < -0.4 is 15.8 Å². The topological polar surface area (TPSA) is 47.3 Å². The van der Waals surface area contributed by atoms with Crippen molar-refractivity contribution in [1.29, 1.82) is 0 Å². The van der Waals surface area contributed by atoms with Gasteiger partial charge in [0.2, 0.25) is 0 Å². The number of para-hydroxylation sites is 1. The van der Waals surface area contributed by atoms with Gasteiger partial charge < -0.3 is 15.8 Å². The molecule has 0 aromatic heterocycles. The molecule has 1 unspecified atom stereocenters. The van der Waals surface area contributed by atoms with Crippen molar-refractivity contribution < 1.29 is 4.74 Å². The van der Waals surface area contributed by atoms with Crippen molar-refractivity contribution in [2.45, 2.75) is 33.2 Å². The number of nitrogen functional groups attached to an aromatic ring is 1. The Morgan fingerprint density at radius 1 is 1.14 bits per heavy atom. The number of benzene rings is 2. The predicted molar refractivity (Wildman–Crippen MR) is 89.9 cm³/mol. The van der Waals surface area contributed by atoms with Gasteiger partial charge >= 0.3 is 0 Å². The maximum absolute atomic E-state index is 6.20. The van der Waals surface area contributed by atoms with Gasteiger partial charge in [-0.3, -0.25) is 0 Å². The molecule has 3 nitrogen and oxygen atoms in total. The van der Waals surface area contributed by atoms with Gasteiger partial charge in [0.25, 0.3) is 0 Å². The predicted octanol–water partition coefficient (Wildman–Crippen LogP) is 4.54. The molecule has 0 spiro atoms. The molecule has 0 aliphatic carbocycles. The fourth-order valence-corrected chi connectivity index (χ4v) is 2.39. The number of anilines is 2. The van der Waals surface area contributed by atoms with E-state index in [2.05, 4.69) is 50.4 Å². The third kappa shape index (κ3) is 3.69. The van der Waals surface area contributed by atoms with E-state index in [0.29, 0.717) is 12.3 Å². The average molecular weight is 284 g/mol. The Kier molecular flexibility index (Phi) is 5.09. The van der Waals surface area contributed by atoms with E-state index >= 15 is 0 Å². The fraction of sp³-hybridized carbons (Fsp3) is 0.333. The summed E-state index contributed by atoms with van der Waals surface area (Å²) in [5.41, 5.74) is 10.3. The van der Waals surface area contributed by atoms with E-state index in [4.69, 9.17) is 10.5 Å². The molecule has 0 fully saturated rings. The molecular weight excluding hydrogens is 260 g/mol. The van der Waals surface area contributed by atoms with Crippen LogP contribution in [0.15, 0.2) is 42.5 Å². The maximum Gasteiger partial charge on any atom is 0.144 e. The van der Waals surface area contributed by atoms with Crippen LogP contribution in [0.3, 0.4) is 0 Å². The number of nitrogens with two attached hydrogens (primary N) is 1. The lowest BCUT2D eigenvalue weighted by Crippen LogP contribution is -2.10. The van der Waals surface area contributed by atoms with E-state index in [1.54, 1.807) is 0 Å². The highest BCUT2D eigenvalue weighted by Gasteiger charge is 2.11. The normalized spacial score (nSPS) is 12.0. The van der Waals surface area contributed by atoms with Gasteiger partial charge in [-0.15, -0.1) is 0 Å². The van der Waals surface area contributed by atoms with Crippen molar-refractivity contribution in [2.24, 2.45) is 0 Å². The van der Waals surface area contributed by atoms with Gasteiger partial charge in [-0.05, 0) is 43.5 Å². The minimum absolute atomic E-state index is 0.190. The molecular formula is C18H24N2O. The van der Waals surface area contributed by atoms with E-state index in [0.717, 1.165) is 17.9 Å². The van der Waals surface area contributed by atoms with Crippen molar-refractivity contribution in [3.05, 3.63) is 53.6 Å². The quantitative estimate of drug-likeness (QED) is 0.766. The number of ether oxygens (including phenoxy) is 1. The van der Waals surface area contributed by atoms with Gasteiger partial charge in [0.15, 0.2) is 0 Å². The summed E-state index contributed by atoms with van der Waals surface area (Å²) >= 11 is 0. The lowest BCUT2D eigenvalue weighted by atomic mass is 10.0. The Labute approximate surface area is 127 Å². The number of nitrogens with one attached hydrogen (secondary N) is 1. The summed E-state index contributed by atoms with van der Waals surface area (Å²) in [6.45, 7) is 7.03. The van der Waals surface area contributed by atoms with Gasteiger partial charge in [0.05, 0.1) is 18.0 Å². The molecule has 2 aromatic rings. The third-order valence-electron chi connectivity index (χ3n) is 3.55. The van der Waals surface area contributed by atoms with Crippen LogP contribution in [0.1, 0.15) is 37.4 Å². The Balaban J connectivity index is 2.18. The molecule has 112 valence electrons. The first-order valence-corrected chi connectivity index (χ1v) is 7.46. The van der Waals surface area contributed by atoms with Crippen molar-refractivity contribution >= 4 is 11.4 Å². The summed E-state index contributed by atoms with van der Waals surface area (Å²) in [6, 6.07) is 14.4. The molecule has 3 heteroatoms. The molecule has 3 N–H and O–H groups in total. The molecule has 21 heavy (non-hydrogen) atoms. The Morgan fingerprint density at radius 2 is 1.90 bits per heavy atom. The van der Waals surface area contributed by atoms with Crippen LogP contribution >= 0.6 is 0 Å². The van der Waals surface area contributed by atoms with Crippen molar-refractivity contribution in [2.75, 3.05) is 17.7 Å². The molecule has 1 atom stereocenters. The maximum atomic E-state index is 6.20. The minimum Gasteiger partial charge on any atom is -0.491 e. The van der Waals surface area contributed by atoms with Gasteiger partial charge in [0.1, 0.15) is 5.75 Å². The number of rotatable bonds is 6. The first-order chi connectivity index (χ1) is 10.1. The summed E-state index contributed by atoms with van der Waals surface area (Å²) in [7, 11) is 0. The van der Waals surface area contributed by atoms with Crippen molar-refractivity contribution in [3.8, 4) is 5.75 Å².